The number of para-hydroxylation sites is 1. The third-order valence-electron chi connectivity index (χ3n) is 4.65. The normalized spacial score (nSPS) is 10.9. The van der Waals surface area contributed by atoms with Crippen LogP contribution in [0.1, 0.15) is 16.8 Å². The molecule has 134 valence electrons. The highest BCUT2D eigenvalue weighted by atomic mass is 32.1. The molecule has 0 aliphatic carbocycles. The molecule has 0 aliphatic rings. The van der Waals surface area contributed by atoms with Crippen molar-refractivity contribution in [1.29, 1.82) is 0 Å². The van der Waals surface area contributed by atoms with E-state index >= 15 is 0 Å². The first-order valence-electron chi connectivity index (χ1n) is 8.64. The maximum Gasteiger partial charge on any atom is 0.228 e. The molecule has 0 spiro atoms. The van der Waals surface area contributed by atoms with Crippen molar-refractivity contribution in [3.8, 4) is 11.3 Å². The number of pyridine rings is 1. The van der Waals surface area contributed by atoms with Crippen molar-refractivity contribution in [1.82, 2.24) is 14.6 Å². The van der Waals surface area contributed by atoms with Crippen molar-refractivity contribution in [2.45, 2.75) is 20.3 Å². The summed E-state index contributed by atoms with van der Waals surface area (Å²) in [4.78, 5) is 17.2. The quantitative estimate of drug-likeness (QED) is 0.569. The predicted molar refractivity (Wildman–Crippen MR) is 109 cm³/mol. The van der Waals surface area contributed by atoms with Crippen LogP contribution in [-0.2, 0) is 11.2 Å². The first kappa shape index (κ1) is 17.3. The average molecular weight is 374 g/mol. The molecular weight excluding hydrogens is 356 g/mol. The number of rotatable bonds is 4. The third-order valence-corrected chi connectivity index (χ3v) is 5.15. The Balaban J connectivity index is 1.52. The van der Waals surface area contributed by atoms with Gasteiger partial charge in [0.1, 0.15) is 5.69 Å². The second kappa shape index (κ2) is 7.25. The largest absolute Gasteiger partial charge is 0.326 e. The third kappa shape index (κ3) is 3.57. The van der Waals surface area contributed by atoms with Gasteiger partial charge in [0.05, 0.1) is 11.9 Å². The first-order valence-corrected chi connectivity index (χ1v) is 9.47. The topological polar surface area (TPSA) is 67.8 Å². The number of aromatic nitrogens is 3. The fraction of sp³-hybridized carbons (Fsp3) is 0.143. The van der Waals surface area contributed by atoms with Crippen molar-refractivity contribution >= 4 is 34.0 Å². The molecule has 0 unspecified atom stereocenters. The van der Waals surface area contributed by atoms with Crippen LogP contribution in [0.4, 0.5) is 5.69 Å². The zero-order valence-electron chi connectivity index (χ0n) is 15.1. The molecule has 1 amide bonds. The lowest BCUT2D eigenvalue weighted by molar-refractivity contribution is -0.115. The van der Waals surface area contributed by atoms with Gasteiger partial charge in [-0.25, -0.2) is 0 Å². The van der Waals surface area contributed by atoms with Crippen LogP contribution in [0.15, 0.2) is 53.9 Å². The molecule has 27 heavy (non-hydrogen) atoms. The van der Waals surface area contributed by atoms with Gasteiger partial charge in [0.2, 0.25) is 5.91 Å². The van der Waals surface area contributed by atoms with Crippen molar-refractivity contribution in [3.05, 3.63) is 70.7 Å². The Kier molecular flexibility index (Phi) is 4.64. The number of amides is 1. The molecule has 1 N–H and O–H groups in total. The zero-order chi connectivity index (χ0) is 18.8. The summed E-state index contributed by atoms with van der Waals surface area (Å²) in [6, 6.07) is 15.6. The van der Waals surface area contributed by atoms with E-state index < -0.39 is 0 Å². The van der Waals surface area contributed by atoms with Gasteiger partial charge in [-0.2, -0.15) is 0 Å². The number of nitrogens with one attached hydrogen (secondary N) is 1. The fourth-order valence-electron chi connectivity index (χ4n) is 3.21. The minimum atomic E-state index is -0.0543. The maximum atomic E-state index is 12.6. The van der Waals surface area contributed by atoms with Crippen molar-refractivity contribution in [2.24, 2.45) is 0 Å². The molecule has 0 aliphatic heterocycles. The highest BCUT2D eigenvalue weighted by Gasteiger charge is 2.13. The molecule has 0 saturated carbocycles. The first-order chi connectivity index (χ1) is 13.1. The van der Waals surface area contributed by atoms with Crippen molar-refractivity contribution < 1.29 is 4.79 Å². The number of benzene rings is 2. The van der Waals surface area contributed by atoms with Gasteiger partial charge < -0.3 is 5.32 Å². The summed E-state index contributed by atoms with van der Waals surface area (Å²) in [6.07, 6.45) is 0.299. The smallest absolute Gasteiger partial charge is 0.228 e. The van der Waals surface area contributed by atoms with E-state index in [0.717, 1.165) is 44.7 Å². The van der Waals surface area contributed by atoms with E-state index in [1.807, 2.05) is 60.8 Å². The molecule has 6 heteroatoms. The van der Waals surface area contributed by atoms with Gasteiger partial charge in [-0.05, 0) is 54.7 Å². The summed E-state index contributed by atoms with van der Waals surface area (Å²) in [5.74, 6) is -0.0543. The Hall–Kier alpha value is -3.12. The summed E-state index contributed by atoms with van der Waals surface area (Å²) in [7, 11) is 0. The predicted octanol–water partition coefficient (Wildman–Crippen LogP) is 4.55. The number of carbonyl (C=O) groups excluding carboxylic acids is 1. The number of hydrogen-bond donors (Lipinski definition) is 1. The van der Waals surface area contributed by atoms with Crippen LogP contribution >= 0.6 is 11.5 Å². The lowest BCUT2D eigenvalue weighted by Gasteiger charge is -2.13. The summed E-state index contributed by atoms with van der Waals surface area (Å²) in [5.41, 5.74) is 6.53. The van der Waals surface area contributed by atoms with Gasteiger partial charge >= 0.3 is 0 Å². The van der Waals surface area contributed by atoms with Crippen LogP contribution in [0.3, 0.4) is 0 Å². The highest BCUT2D eigenvalue weighted by Crippen LogP contribution is 2.24. The number of anilines is 1. The Morgan fingerprint density at radius 3 is 2.59 bits per heavy atom. The van der Waals surface area contributed by atoms with E-state index in [9.17, 15) is 4.79 Å². The van der Waals surface area contributed by atoms with Gasteiger partial charge in [0.15, 0.2) is 0 Å². The van der Waals surface area contributed by atoms with E-state index in [0.29, 0.717) is 6.42 Å². The van der Waals surface area contributed by atoms with Gasteiger partial charge in [0, 0.05) is 27.7 Å². The molecule has 5 nitrogen and oxygen atoms in total. The summed E-state index contributed by atoms with van der Waals surface area (Å²) in [6.45, 7) is 4.01. The van der Waals surface area contributed by atoms with Crippen LogP contribution < -0.4 is 5.32 Å². The van der Waals surface area contributed by atoms with E-state index in [2.05, 4.69) is 26.8 Å². The molecule has 2 aromatic heterocycles. The van der Waals surface area contributed by atoms with Crippen LogP contribution in [0.25, 0.3) is 22.2 Å². The lowest BCUT2D eigenvalue weighted by atomic mass is 9.99. The van der Waals surface area contributed by atoms with E-state index in [1.54, 1.807) is 0 Å². The van der Waals surface area contributed by atoms with Crippen molar-refractivity contribution in [2.75, 3.05) is 5.32 Å². The molecule has 4 rings (SSSR count). The Morgan fingerprint density at radius 1 is 1.07 bits per heavy atom. The van der Waals surface area contributed by atoms with Crippen LogP contribution in [0, 0.1) is 13.8 Å². The lowest BCUT2D eigenvalue weighted by Crippen LogP contribution is -2.16. The molecule has 0 bridgehead atoms. The molecule has 4 aromatic rings. The molecule has 0 atom stereocenters. The molecule has 0 radical (unpaired) electrons. The Bertz CT molecular complexity index is 1110. The SMILES string of the molecule is Cc1nc2ccccc2c(C)c1CC(=O)Nc1ccc(-c2csnn2)cc1. The van der Waals surface area contributed by atoms with Crippen LogP contribution in [0.5, 0.6) is 0 Å². The minimum absolute atomic E-state index is 0.0543. The number of fused-ring (bicyclic) bond motifs is 1. The number of nitrogens with zero attached hydrogens (tertiary/aromatic N) is 3. The fourth-order valence-corrected chi connectivity index (χ4v) is 3.68. The van der Waals surface area contributed by atoms with E-state index in [-0.39, 0.29) is 5.91 Å². The summed E-state index contributed by atoms with van der Waals surface area (Å²) in [5, 5.41) is 10.0. The molecule has 2 heterocycles. The molecule has 2 aromatic carbocycles. The molecule has 0 fully saturated rings. The standard InChI is InChI=1S/C21H18N4OS/c1-13-17-5-3-4-6-19(17)22-14(2)18(13)11-21(26)23-16-9-7-15(8-10-16)20-12-27-25-24-20/h3-10,12H,11H2,1-2H3,(H,23,26). The van der Waals surface area contributed by atoms with Gasteiger partial charge in [-0.15, -0.1) is 5.10 Å². The second-order valence-corrected chi connectivity index (χ2v) is 7.02. The van der Waals surface area contributed by atoms with E-state index in [1.165, 1.54) is 11.5 Å². The Labute approximate surface area is 161 Å². The molecule has 0 saturated heterocycles. The van der Waals surface area contributed by atoms with Crippen LogP contribution in [0.2, 0.25) is 0 Å². The Morgan fingerprint density at radius 2 is 1.85 bits per heavy atom. The second-order valence-electron chi connectivity index (χ2n) is 6.41. The number of carbonyl (C=O) groups is 1. The average Bonchev–Trinajstić information content (AvgIpc) is 3.20. The molecular formula is C21H18N4OS. The monoisotopic (exact) mass is 374 g/mol. The zero-order valence-corrected chi connectivity index (χ0v) is 15.9. The van der Waals surface area contributed by atoms with Gasteiger partial charge in [0.25, 0.3) is 0 Å². The van der Waals surface area contributed by atoms with E-state index in [4.69, 9.17) is 0 Å². The van der Waals surface area contributed by atoms with Crippen LogP contribution in [-0.4, -0.2) is 20.5 Å². The van der Waals surface area contributed by atoms with Gasteiger partial charge in [-0.3, -0.25) is 9.78 Å². The number of hydrogen-bond acceptors (Lipinski definition) is 5. The highest BCUT2D eigenvalue weighted by molar-refractivity contribution is 7.03. The van der Waals surface area contributed by atoms with Crippen molar-refractivity contribution in [3.63, 3.8) is 0 Å². The minimum Gasteiger partial charge on any atom is -0.326 e. The summed E-state index contributed by atoms with van der Waals surface area (Å²) >= 11 is 1.32. The van der Waals surface area contributed by atoms with Gasteiger partial charge in [-0.1, -0.05) is 34.8 Å². The summed E-state index contributed by atoms with van der Waals surface area (Å²) < 4.78 is 3.87. The number of aryl methyl sites for hydroxylation is 2. The maximum absolute atomic E-state index is 12.6.